The smallest absolute Gasteiger partial charge is 0.248 e. The van der Waals surface area contributed by atoms with Crippen LogP contribution in [0.25, 0.3) is 0 Å². The molecule has 2 aliphatic heterocycles. The molecule has 1 amide bonds. The van der Waals surface area contributed by atoms with Crippen molar-refractivity contribution in [3.63, 3.8) is 0 Å². The lowest BCUT2D eigenvalue weighted by molar-refractivity contribution is -0.141. The van der Waals surface area contributed by atoms with Crippen molar-refractivity contribution in [2.24, 2.45) is 17.3 Å². The fourth-order valence-corrected chi connectivity index (χ4v) is 4.12. The van der Waals surface area contributed by atoms with Crippen LogP contribution in [0.5, 0.6) is 0 Å². The van der Waals surface area contributed by atoms with E-state index in [9.17, 15) is 13.6 Å². The van der Waals surface area contributed by atoms with Crippen LogP contribution < -0.4 is 10.6 Å². The van der Waals surface area contributed by atoms with Crippen molar-refractivity contribution < 1.29 is 18.3 Å². The van der Waals surface area contributed by atoms with Gasteiger partial charge in [-0.1, -0.05) is 0 Å². The second-order valence-electron chi connectivity index (χ2n) is 7.17. The molecule has 3 fully saturated rings. The highest BCUT2D eigenvalue weighted by molar-refractivity contribution is 5.84. The molecule has 2 heterocycles. The van der Waals surface area contributed by atoms with Crippen LogP contribution in [0.15, 0.2) is 0 Å². The number of hydrogen-bond donors (Lipinski definition) is 2. The summed E-state index contributed by atoms with van der Waals surface area (Å²) in [5, 5.41) is 6.35. The van der Waals surface area contributed by atoms with Crippen molar-refractivity contribution in [3.8, 4) is 0 Å². The van der Waals surface area contributed by atoms with Crippen LogP contribution in [0, 0.1) is 17.3 Å². The number of alkyl halides is 2. The van der Waals surface area contributed by atoms with Gasteiger partial charge in [-0.2, -0.15) is 0 Å². The molecule has 2 saturated heterocycles. The highest BCUT2D eigenvalue weighted by Gasteiger charge is 2.50. The second-order valence-corrected chi connectivity index (χ2v) is 7.17. The summed E-state index contributed by atoms with van der Waals surface area (Å²) in [7, 11) is 0. The van der Waals surface area contributed by atoms with E-state index in [-0.39, 0.29) is 18.7 Å². The maximum absolute atomic E-state index is 13.1. The van der Waals surface area contributed by atoms with Crippen molar-refractivity contribution in [2.45, 2.75) is 44.4 Å². The molecule has 1 saturated carbocycles. The SMILES string of the molecule is O=C(NCCC1CCC(F)(F)CC1)[C@]12CNC[C@H]1CCOC2. The molecule has 0 bridgehead atoms. The highest BCUT2D eigenvalue weighted by Crippen LogP contribution is 2.39. The standard InChI is InChI=1S/C16H26F2N2O2/c17-16(18)5-1-12(2-6-16)3-7-20-14(21)15-10-19-9-13(15)4-8-22-11-15/h12-13,19H,1-11H2,(H,20,21)/t13-,15+/m1/s1. The second kappa shape index (κ2) is 6.40. The van der Waals surface area contributed by atoms with Crippen molar-refractivity contribution >= 4 is 5.91 Å². The minimum atomic E-state index is -2.47. The van der Waals surface area contributed by atoms with Crippen LogP contribution >= 0.6 is 0 Å². The van der Waals surface area contributed by atoms with Gasteiger partial charge in [0.05, 0.1) is 12.0 Å². The summed E-state index contributed by atoms with van der Waals surface area (Å²) in [4.78, 5) is 12.6. The maximum Gasteiger partial charge on any atom is 0.248 e. The Kier molecular flexibility index (Phi) is 4.69. The molecule has 2 N–H and O–H groups in total. The van der Waals surface area contributed by atoms with Crippen molar-refractivity contribution in [1.82, 2.24) is 10.6 Å². The van der Waals surface area contributed by atoms with Crippen molar-refractivity contribution in [3.05, 3.63) is 0 Å². The topological polar surface area (TPSA) is 50.4 Å². The summed E-state index contributed by atoms with van der Waals surface area (Å²) in [5.41, 5.74) is -0.419. The van der Waals surface area contributed by atoms with Gasteiger partial charge in [-0.05, 0) is 44.1 Å². The fourth-order valence-electron chi connectivity index (χ4n) is 4.12. The molecule has 1 aliphatic carbocycles. The number of carbonyl (C=O) groups excluding carboxylic acids is 1. The van der Waals surface area contributed by atoms with Crippen LogP contribution in [-0.4, -0.2) is 44.7 Å². The lowest BCUT2D eigenvalue weighted by Gasteiger charge is -2.37. The Bertz CT molecular complexity index is 409. The van der Waals surface area contributed by atoms with E-state index in [1.54, 1.807) is 0 Å². The summed E-state index contributed by atoms with van der Waals surface area (Å²) in [6.07, 6.45) is 2.86. The minimum Gasteiger partial charge on any atom is -0.380 e. The monoisotopic (exact) mass is 316 g/mol. The summed E-state index contributed by atoms with van der Waals surface area (Å²) < 4.78 is 31.8. The molecule has 0 aromatic carbocycles. The van der Waals surface area contributed by atoms with Gasteiger partial charge in [0.25, 0.3) is 0 Å². The molecule has 0 unspecified atom stereocenters. The van der Waals surface area contributed by atoms with Crippen molar-refractivity contribution in [2.75, 3.05) is 32.8 Å². The molecule has 0 aromatic rings. The maximum atomic E-state index is 13.1. The molecule has 4 nitrogen and oxygen atoms in total. The van der Waals surface area contributed by atoms with Gasteiger partial charge in [0, 0.05) is 32.5 Å². The number of ether oxygens (including phenoxy) is 1. The van der Waals surface area contributed by atoms with Crippen LogP contribution in [-0.2, 0) is 9.53 Å². The van der Waals surface area contributed by atoms with E-state index >= 15 is 0 Å². The number of carbonyl (C=O) groups is 1. The lowest BCUT2D eigenvalue weighted by Crippen LogP contribution is -2.52. The van der Waals surface area contributed by atoms with E-state index in [0.717, 1.165) is 26.0 Å². The predicted molar refractivity (Wildman–Crippen MR) is 78.8 cm³/mol. The molecule has 3 aliphatic rings. The summed E-state index contributed by atoms with van der Waals surface area (Å²) in [6, 6.07) is 0. The van der Waals surface area contributed by atoms with E-state index in [1.165, 1.54) is 0 Å². The zero-order chi connectivity index (χ0) is 15.6. The van der Waals surface area contributed by atoms with E-state index < -0.39 is 11.3 Å². The number of halogens is 2. The molecule has 3 rings (SSSR count). The van der Waals surface area contributed by atoms with E-state index in [4.69, 9.17) is 4.74 Å². The van der Waals surface area contributed by atoms with Crippen LogP contribution in [0.3, 0.4) is 0 Å². The number of fused-ring (bicyclic) bond motifs is 1. The summed E-state index contributed by atoms with van der Waals surface area (Å²) >= 11 is 0. The van der Waals surface area contributed by atoms with Crippen LogP contribution in [0.2, 0.25) is 0 Å². The number of nitrogens with one attached hydrogen (secondary N) is 2. The van der Waals surface area contributed by atoms with Crippen LogP contribution in [0.4, 0.5) is 8.78 Å². The quantitative estimate of drug-likeness (QED) is 0.833. The van der Waals surface area contributed by atoms with E-state index in [0.29, 0.717) is 44.4 Å². The Balaban J connectivity index is 1.44. The third-order valence-electron chi connectivity index (χ3n) is 5.71. The normalized spacial score (nSPS) is 35.1. The zero-order valence-electron chi connectivity index (χ0n) is 13.0. The number of amides is 1. The Morgan fingerprint density at radius 2 is 2.05 bits per heavy atom. The van der Waals surface area contributed by atoms with Gasteiger partial charge in [-0.3, -0.25) is 4.79 Å². The Labute approximate surface area is 130 Å². The van der Waals surface area contributed by atoms with Crippen molar-refractivity contribution in [1.29, 1.82) is 0 Å². The minimum absolute atomic E-state index is 0.00458. The molecule has 0 spiro atoms. The van der Waals surface area contributed by atoms with Gasteiger partial charge >= 0.3 is 0 Å². The first-order valence-electron chi connectivity index (χ1n) is 8.46. The summed E-state index contributed by atoms with van der Waals surface area (Å²) in [6.45, 7) is 3.38. The molecular weight excluding hydrogens is 290 g/mol. The van der Waals surface area contributed by atoms with Gasteiger partial charge in [0.1, 0.15) is 0 Å². The van der Waals surface area contributed by atoms with Gasteiger partial charge in [0.2, 0.25) is 11.8 Å². The number of rotatable bonds is 4. The molecule has 2 atom stereocenters. The average molecular weight is 316 g/mol. The lowest BCUT2D eigenvalue weighted by atomic mass is 9.75. The van der Waals surface area contributed by atoms with Gasteiger partial charge in [0.15, 0.2) is 0 Å². The van der Waals surface area contributed by atoms with E-state index in [2.05, 4.69) is 10.6 Å². The third kappa shape index (κ3) is 3.27. The molecule has 0 radical (unpaired) electrons. The largest absolute Gasteiger partial charge is 0.380 e. The van der Waals surface area contributed by atoms with Gasteiger partial charge in [-0.15, -0.1) is 0 Å². The van der Waals surface area contributed by atoms with Crippen LogP contribution in [0.1, 0.15) is 38.5 Å². The zero-order valence-corrected chi connectivity index (χ0v) is 13.0. The highest BCUT2D eigenvalue weighted by atomic mass is 19.3. The van der Waals surface area contributed by atoms with E-state index in [1.807, 2.05) is 0 Å². The Morgan fingerprint density at radius 1 is 1.27 bits per heavy atom. The molecule has 126 valence electrons. The first-order chi connectivity index (χ1) is 10.5. The third-order valence-corrected chi connectivity index (χ3v) is 5.71. The van der Waals surface area contributed by atoms with Gasteiger partial charge < -0.3 is 15.4 Å². The predicted octanol–water partition coefficient (Wildman–Crippen LogP) is 1.94. The molecule has 22 heavy (non-hydrogen) atoms. The average Bonchev–Trinajstić information content (AvgIpc) is 2.94. The first kappa shape index (κ1) is 16.1. The molecule has 6 heteroatoms. The molecular formula is C16H26F2N2O2. The Morgan fingerprint density at radius 3 is 2.82 bits per heavy atom. The number of hydrogen-bond acceptors (Lipinski definition) is 3. The van der Waals surface area contributed by atoms with Gasteiger partial charge in [-0.25, -0.2) is 8.78 Å². The first-order valence-corrected chi connectivity index (χ1v) is 8.46. The summed E-state index contributed by atoms with van der Waals surface area (Å²) in [5.74, 6) is -1.73. The fraction of sp³-hybridized carbons (Fsp3) is 0.938. The Hall–Kier alpha value is -0.750. The molecule has 0 aromatic heterocycles.